The van der Waals surface area contributed by atoms with Crippen molar-refractivity contribution in [3.8, 4) is 0 Å². The Bertz CT molecular complexity index is 826. The molecule has 0 aliphatic carbocycles. The molecule has 124 valence electrons. The molecule has 0 unspecified atom stereocenters. The third-order valence-corrected chi connectivity index (χ3v) is 5.01. The minimum atomic E-state index is 0.0472. The Balaban J connectivity index is 1.49. The van der Waals surface area contributed by atoms with Crippen LogP contribution in [0.1, 0.15) is 22.3 Å². The van der Waals surface area contributed by atoms with Gasteiger partial charge in [0.05, 0.1) is 5.56 Å². The van der Waals surface area contributed by atoms with E-state index in [2.05, 4.69) is 36.2 Å². The van der Waals surface area contributed by atoms with Crippen LogP contribution in [0.25, 0.3) is 5.65 Å². The fourth-order valence-corrected chi connectivity index (χ4v) is 3.33. The zero-order valence-electron chi connectivity index (χ0n) is 14.0. The smallest absolute Gasteiger partial charge is 0.255 e. The van der Waals surface area contributed by atoms with Crippen molar-refractivity contribution in [2.75, 3.05) is 19.3 Å². The van der Waals surface area contributed by atoms with Crippen LogP contribution in [0.15, 0.2) is 59.9 Å². The maximum absolute atomic E-state index is 12.5. The van der Waals surface area contributed by atoms with Crippen molar-refractivity contribution in [2.45, 2.75) is 18.2 Å². The molecule has 0 fully saturated rings. The summed E-state index contributed by atoms with van der Waals surface area (Å²) < 4.78 is 1.87. The Morgan fingerprint density at radius 1 is 1.21 bits per heavy atom. The van der Waals surface area contributed by atoms with E-state index in [1.807, 2.05) is 47.7 Å². The highest BCUT2D eigenvalue weighted by molar-refractivity contribution is 7.99. The minimum absolute atomic E-state index is 0.0472. The second-order valence-corrected chi connectivity index (χ2v) is 7.02. The van der Waals surface area contributed by atoms with Crippen LogP contribution in [0, 0.1) is 6.92 Å². The van der Waals surface area contributed by atoms with Gasteiger partial charge < -0.3 is 9.30 Å². The second kappa shape index (κ2) is 7.53. The number of hydrogen-bond acceptors (Lipinski definition) is 3. The number of aromatic nitrogens is 2. The molecular weight excluding hydrogens is 318 g/mol. The maximum atomic E-state index is 12.5. The number of pyridine rings is 1. The molecule has 0 atom stereocenters. The largest absolute Gasteiger partial charge is 0.342 e. The van der Waals surface area contributed by atoms with Crippen molar-refractivity contribution in [3.63, 3.8) is 0 Å². The summed E-state index contributed by atoms with van der Waals surface area (Å²) in [5, 5.41) is 0. The predicted molar refractivity (Wildman–Crippen MR) is 98.7 cm³/mol. The number of amides is 1. The molecule has 0 saturated heterocycles. The molecule has 0 spiro atoms. The van der Waals surface area contributed by atoms with E-state index < -0.39 is 0 Å². The molecule has 1 amide bonds. The van der Waals surface area contributed by atoms with Gasteiger partial charge in [0, 0.05) is 37.1 Å². The molecule has 2 aromatic heterocycles. The normalized spacial score (nSPS) is 10.9. The molecule has 3 aromatic rings. The van der Waals surface area contributed by atoms with Gasteiger partial charge in [-0.15, -0.1) is 11.8 Å². The molecule has 5 heteroatoms. The lowest BCUT2D eigenvalue weighted by molar-refractivity contribution is 0.0795. The first-order valence-corrected chi connectivity index (χ1v) is 9.00. The molecule has 0 aliphatic rings. The van der Waals surface area contributed by atoms with E-state index >= 15 is 0 Å². The van der Waals surface area contributed by atoms with E-state index in [-0.39, 0.29) is 5.91 Å². The van der Waals surface area contributed by atoms with Crippen LogP contribution in [-0.2, 0) is 0 Å². The first-order chi connectivity index (χ1) is 11.6. The van der Waals surface area contributed by atoms with E-state index in [9.17, 15) is 4.79 Å². The Kier molecular flexibility index (Phi) is 5.20. The highest BCUT2D eigenvalue weighted by Crippen LogP contribution is 2.19. The Morgan fingerprint density at radius 3 is 2.79 bits per heavy atom. The summed E-state index contributed by atoms with van der Waals surface area (Å²) in [6.45, 7) is 2.84. The average Bonchev–Trinajstić information content (AvgIpc) is 3.07. The van der Waals surface area contributed by atoms with Gasteiger partial charge in [-0.2, -0.15) is 0 Å². The van der Waals surface area contributed by atoms with Crippen LogP contribution in [0.2, 0.25) is 0 Å². The van der Waals surface area contributed by atoms with Crippen molar-refractivity contribution in [3.05, 3.63) is 66.1 Å². The van der Waals surface area contributed by atoms with Gasteiger partial charge in [0.15, 0.2) is 0 Å². The standard InChI is InChI=1S/C19H21N3OS/c1-15-4-7-17(8-5-15)24-13-3-11-21(2)19(23)16-6-9-18-20-10-12-22(18)14-16/h4-10,12,14H,3,11,13H2,1-2H3. The second-order valence-electron chi connectivity index (χ2n) is 5.85. The van der Waals surface area contributed by atoms with Crippen LogP contribution in [0.5, 0.6) is 0 Å². The van der Waals surface area contributed by atoms with E-state index in [0.29, 0.717) is 5.56 Å². The molecule has 0 radical (unpaired) electrons. The monoisotopic (exact) mass is 339 g/mol. The predicted octanol–water partition coefficient (Wildman–Crippen LogP) is 3.90. The van der Waals surface area contributed by atoms with Gasteiger partial charge in [0.25, 0.3) is 5.91 Å². The van der Waals surface area contributed by atoms with Crippen molar-refractivity contribution >= 4 is 23.3 Å². The number of imidazole rings is 1. The number of hydrogen-bond donors (Lipinski definition) is 0. The molecule has 0 saturated carbocycles. The van der Waals surface area contributed by atoms with E-state index in [0.717, 1.165) is 24.4 Å². The van der Waals surface area contributed by atoms with Crippen LogP contribution < -0.4 is 0 Å². The number of nitrogens with zero attached hydrogens (tertiary/aromatic N) is 3. The lowest BCUT2D eigenvalue weighted by Gasteiger charge is -2.17. The van der Waals surface area contributed by atoms with Gasteiger partial charge in [-0.25, -0.2) is 4.98 Å². The average molecular weight is 339 g/mol. The molecule has 1 aromatic carbocycles. The van der Waals surface area contributed by atoms with Gasteiger partial charge in [-0.1, -0.05) is 17.7 Å². The third-order valence-electron chi connectivity index (χ3n) is 3.91. The SMILES string of the molecule is Cc1ccc(SCCCN(C)C(=O)c2ccc3nccn3c2)cc1. The molecule has 0 bridgehead atoms. The minimum Gasteiger partial charge on any atom is -0.342 e. The molecule has 24 heavy (non-hydrogen) atoms. The Hall–Kier alpha value is -2.27. The van der Waals surface area contributed by atoms with E-state index in [1.165, 1.54) is 10.5 Å². The number of rotatable bonds is 6. The summed E-state index contributed by atoms with van der Waals surface area (Å²) in [6.07, 6.45) is 6.39. The van der Waals surface area contributed by atoms with Gasteiger partial charge >= 0.3 is 0 Å². The number of carbonyl (C=O) groups excluding carboxylic acids is 1. The van der Waals surface area contributed by atoms with Crippen molar-refractivity contribution < 1.29 is 4.79 Å². The lowest BCUT2D eigenvalue weighted by Crippen LogP contribution is -2.28. The highest BCUT2D eigenvalue weighted by atomic mass is 32.2. The van der Waals surface area contributed by atoms with Crippen LogP contribution in [-0.4, -0.2) is 39.5 Å². The summed E-state index contributed by atoms with van der Waals surface area (Å²) in [5.74, 6) is 1.05. The van der Waals surface area contributed by atoms with Crippen LogP contribution in [0.3, 0.4) is 0 Å². The number of carbonyl (C=O) groups is 1. The van der Waals surface area contributed by atoms with Crippen LogP contribution >= 0.6 is 11.8 Å². The van der Waals surface area contributed by atoms with Crippen molar-refractivity contribution in [1.29, 1.82) is 0 Å². The third kappa shape index (κ3) is 3.97. The zero-order chi connectivity index (χ0) is 16.9. The van der Waals surface area contributed by atoms with Gasteiger partial charge in [0.2, 0.25) is 0 Å². The number of aryl methyl sites for hydroxylation is 1. The Labute approximate surface area is 146 Å². The van der Waals surface area contributed by atoms with Gasteiger partial charge in [0.1, 0.15) is 5.65 Å². The molecule has 0 N–H and O–H groups in total. The maximum Gasteiger partial charge on any atom is 0.255 e. The van der Waals surface area contributed by atoms with Crippen molar-refractivity contribution in [2.24, 2.45) is 0 Å². The highest BCUT2D eigenvalue weighted by Gasteiger charge is 2.12. The van der Waals surface area contributed by atoms with Crippen molar-refractivity contribution in [1.82, 2.24) is 14.3 Å². The van der Waals surface area contributed by atoms with E-state index in [1.54, 1.807) is 11.1 Å². The molecule has 0 aliphatic heterocycles. The van der Waals surface area contributed by atoms with E-state index in [4.69, 9.17) is 0 Å². The first-order valence-electron chi connectivity index (χ1n) is 8.01. The quantitative estimate of drug-likeness (QED) is 0.505. The summed E-state index contributed by atoms with van der Waals surface area (Å²) in [5.41, 5.74) is 2.82. The summed E-state index contributed by atoms with van der Waals surface area (Å²) in [6, 6.07) is 12.3. The fourth-order valence-electron chi connectivity index (χ4n) is 2.49. The first kappa shape index (κ1) is 16.6. The zero-order valence-corrected chi connectivity index (χ0v) is 14.8. The fraction of sp³-hybridized carbons (Fsp3) is 0.263. The van der Waals surface area contributed by atoms with Crippen LogP contribution in [0.4, 0.5) is 0 Å². The Morgan fingerprint density at radius 2 is 2.00 bits per heavy atom. The molecular formula is C19H21N3OS. The molecule has 4 nitrogen and oxygen atoms in total. The topological polar surface area (TPSA) is 37.6 Å². The molecule has 3 rings (SSSR count). The summed E-state index contributed by atoms with van der Waals surface area (Å²) >= 11 is 1.83. The van der Waals surface area contributed by atoms with Gasteiger partial charge in [-0.3, -0.25) is 4.79 Å². The number of fused-ring (bicyclic) bond motifs is 1. The number of thioether (sulfide) groups is 1. The lowest BCUT2D eigenvalue weighted by atomic mass is 10.2. The summed E-state index contributed by atoms with van der Waals surface area (Å²) in [4.78, 5) is 19.8. The molecule has 2 heterocycles. The summed E-state index contributed by atoms with van der Waals surface area (Å²) in [7, 11) is 1.86. The van der Waals surface area contributed by atoms with Gasteiger partial charge in [-0.05, 0) is 43.4 Å². The number of benzene rings is 1.